The van der Waals surface area contributed by atoms with Crippen molar-refractivity contribution in [1.82, 2.24) is 30.2 Å². The van der Waals surface area contributed by atoms with Crippen LogP contribution in [0.2, 0.25) is 5.02 Å². The Balaban J connectivity index is 1.41. The molecule has 1 aliphatic rings. The van der Waals surface area contributed by atoms with Gasteiger partial charge in [0.2, 0.25) is 0 Å². The van der Waals surface area contributed by atoms with Crippen molar-refractivity contribution in [3.8, 4) is 11.1 Å². The van der Waals surface area contributed by atoms with Gasteiger partial charge in [0.15, 0.2) is 0 Å². The molecule has 0 unspecified atom stereocenters. The van der Waals surface area contributed by atoms with Gasteiger partial charge in [-0.1, -0.05) is 17.7 Å². The third-order valence-corrected chi connectivity index (χ3v) is 5.94. The van der Waals surface area contributed by atoms with Crippen molar-refractivity contribution in [2.75, 3.05) is 23.3 Å². The Bertz CT molecular complexity index is 1230. The highest BCUT2D eigenvalue weighted by Crippen LogP contribution is 2.35. The van der Waals surface area contributed by atoms with Crippen molar-refractivity contribution in [3.63, 3.8) is 0 Å². The van der Waals surface area contributed by atoms with Crippen LogP contribution in [0.4, 0.5) is 11.6 Å². The summed E-state index contributed by atoms with van der Waals surface area (Å²) in [5.74, 6) is 1.74. The van der Waals surface area contributed by atoms with Crippen LogP contribution in [0.3, 0.4) is 0 Å². The van der Waals surface area contributed by atoms with Crippen LogP contribution in [0.1, 0.15) is 19.5 Å². The number of hydrogen-bond donors (Lipinski definition) is 3. The SMILES string of the molecule is C[C@@H]1CN(c2cccc(CNc3ncnc4[nH]cc(-c5ccncc5Cl)c34)n2)C[C@H](C)N1. The average Bonchev–Trinajstić information content (AvgIpc) is 3.22. The molecule has 0 saturated carbocycles. The molecule has 0 amide bonds. The van der Waals surface area contributed by atoms with E-state index in [4.69, 9.17) is 16.6 Å². The number of hydrogen-bond acceptors (Lipinski definition) is 7. The summed E-state index contributed by atoms with van der Waals surface area (Å²) in [6, 6.07) is 8.92. The first-order valence-corrected chi connectivity index (χ1v) is 11.1. The quantitative estimate of drug-likeness (QED) is 0.426. The number of fused-ring (bicyclic) bond motifs is 1. The molecular weight excluding hydrogens is 424 g/mol. The number of nitrogens with zero attached hydrogens (tertiary/aromatic N) is 5. The van der Waals surface area contributed by atoms with Crippen LogP contribution >= 0.6 is 11.6 Å². The molecular formula is C23H25ClN8. The van der Waals surface area contributed by atoms with E-state index >= 15 is 0 Å². The van der Waals surface area contributed by atoms with Gasteiger partial charge in [-0.05, 0) is 32.0 Å². The van der Waals surface area contributed by atoms with Crippen molar-refractivity contribution in [2.45, 2.75) is 32.5 Å². The number of aromatic nitrogens is 5. The molecule has 4 aromatic heterocycles. The molecule has 5 rings (SSSR count). The Kier molecular flexibility index (Phi) is 5.63. The van der Waals surface area contributed by atoms with Crippen molar-refractivity contribution < 1.29 is 0 Å². The van der Waals surface area contributed by atoms with Crippen molar-refractivity contribution in [2.24, 2.45) is 0 Å². The van der Waals surface area contributed by atoms with Crippen molar-refractivity contribution >= 4 is 34.3 Å². The maximum Gasteiger partial charge on any atom is 0.143 e. The Morgan fingerprint density at radius 1 is 1.12 bits per heavy atom. The summed E-state index contributed by atoms with van der Waals surface area (Å²) in [4.78, 5) is 23.4. The number of anilines is 2. The minimum absolute atomic E-state index is 0.434. The number of nitrogens with one attached hydrogen (secondary N) is 3. The molecule has 0 bridgehead atoms. The van der Waals surface area contributed by atoms with Gasteiger partial charge in [0, 0.05) is 54.9 Å². The first-order chi connectivity index (χ1) is 15.6. The number of pyridine rings is 2. The fourth-order valence-electron chi connectivity index (χ4n) is 4.33. The van der Waals surface area contributed by atoms with E-state index in [2.05, 4.69) is 61.4 Å². The first-order valence-electron chi connectivity index (χ1n) is 10.7. The van der Waals surface area contributed by atoms with E-state index in [1.54, 1.807) is 18.7 Å². The third kappa shape index (κ3) is 4.11. The summed E-state index contributed by atoms with van der Waals surface area (Å²) in [5.41, 5.74) is 3.51. The van der Waals surface area contributed by atoms with E-state index in [0.29, 0.717) is 23.7 Å². The van der Waals surface area contributed by atoms with Gasteiger partial charge in [0.1, 0.15) is 23.6 Å². The molecule has 164 valence electrons. The molecule has 0 radical (unpaired) electrons. The second-order valence-corrected chi connectivity index (χ2v) is 8.63. The van der Waals surface area contributed by atoms with Gasteiger partial charge in [-0.2, -0.15) is 0 Å². The summed E-state index contributed by atoms with van der Waals surface area (Å²) >= 11 is 6.40. The number of rotatable bonds is 5. The van der Waals surface area contributed by atoms with Crippen LogP contribution in [-0.4, -0.2) is 50.1 Å². The Labute approximate surface area is 191 Å². The molecule has 0 aliphatic carbocycles. The highest BCUT2D eigenvalue weighted by atomic mass is 35.5. The molecule has 1 fully saturated rings. The molecule has 1 saturated heterocycles. The van der Waals surface area contributed by atoms with Gasteiger partial charge in [0.25, 0.3) is 0 Å². The second-order valence-electron chi connectivity index (χ2n) is 8.22. The highest BCUT2D eigenvalue weighted by Gasteiger charge is 2.22. The van der Waals surface area contributed by atoms with Crippen LogP contribution < -0.4 is 15.5 Å². The van der Waals surface area contributed by atoms with Crippen molar-refractivity contribution in [1.29, 1.82) is 0 Å². The highest BCUT2D eigenvalue weighted by molar-refractivity contribution is 6.33. The van der Waals surface area contributed by atoms with Crippen LogP contribution in [0.5, 0.6) is 0 Å². The molecule has 0 aromatic carbocycles. The van der Waals surface area contributed by atoms with E-state index in [-0.39, 0.29) is 0 Å². The normalized spacial score (nSPS) is 18.8. The predicted molar refractivity (Wildman–Crippen MR) is 128 cm³/mol. The van der Waals surface area contributed by atoms with Gasteiger partial charge in [-0.25, -0.2) is 15.0 Å². The molecule has 4 aromatic rings. The Morgan fingerprint density at radius 2 is 1.97 bits per heavy atom. The van der Waals surface area contributed by atoms with Crippen LogP contribution in [0.25, 0.3) is 22.2 Å². The minimum atomic E-state index is 0.434. The van der Waals surface area contributed by atoms with E-state index in [9.17, 15) is 0 Å². The fraction of sp³-hybridized carbons (Fsp3) is 0.304. The molecule has 5 heterocycles. The summed E-state index contributed by atoms with van der Waals surface area (Å²) in [6.45, 7) is 6.85. The zero-order valence-corrected chi connectivity index (χ0v) is 18.8. The van der Waals surface area contributed by atoms with Crippen molar-refractivity contribution in [3.05, 3.63) is 59.9 Å². The van der Waals surface area contributed by atoms with Crippen LogP contribution in [-0.2, 0) is 6.54 Å². The molecule has 32 heavy (non-hydrogen) atoms. The molecule has 9 heteroatoms. The van der Waals surface area contributed by atoms with Crippen LogP contribution in [0.15, 0.2) is 49.2 Å². The number of halogens is 1. The minimum Gasteiger partial charge on any atom is -0.364 e. The van der Waals surface area contributed by atoms with E-state index < -0.39 is 0 Å². The zero-order valence-electron chi connectivity index (χ0n) is 18.0. The lowest BCUT2D eigenvalue weighted by Gasteiger charge is -2.37. The molecule has 2 atom stereocenters. The topological polar surface area (TPSA) is 94.6 Å². The Hall–Kier alpha value is -3.23. The lowest BCUT2D eigenvalue weighted by molar-refractivity contribution is 0.405. The van der Waals surface area contributed by atoms with Gasteiger partial charge in [-0.3, -0.25) is 4.98 Å². The third-order valence-electron chi connectivity index (χ3n) is 5.64. The standard InChI is InChI=1S/C23H25ClN8/c1-14-11-32(12-15(2)30-14)20-5-3-4-16(31-20)8-26-22-21-18(9-27-23(21)29-13-28-22)17-6-7-25-10-19(17)24/h3-7,9-10,13-15,30H,8,11-12H2,1-2H3,(H2,26,27,28,29)/t14-,15+. The van der Waals surface area contributed by atoms with Gasteiger partial charge >= 0.3 is 0 Å². The number of H-pyrrole nitrogens is 1. The van der Waals surface area contributed by atoms with Gasteiger partial charge in [0.05, 0.1) is 22.6 Å². The van der Waals surface area contributed by atoms with E-state index in [1.807, 2.05) is 18.3 Å². The summed E-state index contributed by atoms with van der Waals surface area (Å²) in [5, 5.41) is 8.48. The lowest BCUT2D eigenvalue weighted by Crippen LogP contribution is -2.54. The summed E-state index contributed by atoms with van der Waals surface area (Å²) in [6.07, 6.45) is 6.81. The fourth-order valence-corrected chi connectivity index (χ4v) is 4.55. The van der Waals surface area contributed by atoms with E-state index in [1.165, 1.54) is 0 Å². The number of piperazine rings is 1. The van der Waals surface area contributed by atoms with Crippen LogP contribution in [0, 0.1) is 0 Å². The largest absolute Gasteiger partial charge is 0.364 e. The summed E-state index contributed by atoms with van der Waals surface area (Å²) < 4.78 is 0. The number of aromatic amines is 1. The first kappa shape index (κ1) is 20.7. The van der Waals surface area contributed by atoms with Gasteiger partial charge in [-0.15, -0.1) is 0 Å². The molecule has 1 aliphatic heterocycles. The molecule has 3 N–H and O–H groups in total. The maximum absolute atomic E-state index is 6.40. The Morgan fingerprint density at radius 3 is 2.78 bits per heavy atom. The maximum atomic E-state index is 6.40. The average molecular weight is 449 g/mol. The second kappa shape index (κ2) is 8.72. The summed E-state index contributed by atoms with van der Waals surface area (Å²) in [7, 11) is 0. The molecule has 8 nitrogen and oxygen atoms in total. The molecule has 0 spiro atoms. The zero-order chi connectivity index (χ0) is 22.1. The van der Waals surface area contributed by atoms with E-state index in [0.717, 1.165) is 52.6 Å². The lowest BCUT2D eigenvalue weighted by atomic mass is 10.1. The van der Waals surface area contributed by atoms with Gasteiger partial charge < -0.3 is 20.5 Å². The smallest absolute Gasteiger partial charge is 0.143 e. The predicted octanol–water partition coefficient (Wildman–Crippen LogP) is 3.87. The monoisotopic (exact) mass is 448 g/mol.